The maximum Gasteiger partial charge on any atom is 0.409 e. The summed E-state index contributed by atoms with van der Waals surface area (Å²) in [5, 5.41) is 2.77. The first kappa shape index (κ1) is 25.9. The molecule has 1 aromatic carbocycles. The van der Waals surface area contributed by atoms with Crippen molar-refractivity contribution in [3.8, 4) is 5.75 Å². The van der Waals surface area contributed by atoms with Crippen LogP contribution in [0.4, 0.5) is 4.79 Å². The molecule has 0 atom stereocenters. The van der Waals surface area contributed by atoms with Gasteiger partial charge in [-0.15, -0.1) is 11.3 Å². The number of piperazine rings is 1. The van der Waals surface area contributed by atoms with Gasteiger partial charge < -0.3 is 24.2 Å². The number of aromatic nitrogens is 1. The molecule has 0 N–H and O–H groups in total. The van der Waals surface area contributed by atoms with Gasteiger partial charge in [0.25, 0.3) is 11.8 Å². The summed E-state index contributed by atoms with van der Waals surface area (Å²) in [7, 11) is 0. The van der Waals surface area contributed by atoms with Crippen LogP contribution in [0, 0.1) is 13.8 Å². The smallest absolute Gasteiger partial charge is 0.409 e. The molecule has 2 saturated heterocycles. The number of ether oxygens (including phenoxy) is 2. The summed E-state index contributed by atoms with van der Waals surface area (Å²) < 4.78 is 10.8. The number of hydrogen-bond donors (Lipinski definition) is 0. The highest BCUT2D eigenvalue weighted by Gasteiger charge is 2.29. The third kappa shape index (κ3) is 6.16. The second-order valence-corrected chi connectivity index (χ2v) is 10.1. The molecule has 2 aromatic rings. The molecule has 194 valence electrons. The molecule has 0 unspecified atom stereocenters. The highest BCUT2D eigenvalue weighted by Crippen LogP contribution is 2.31. The zero-order valence-corrected chi connectivity index (χ0v) is 22.0. The van der Waals surface area contributed by atoms with Crippen molar-refractivity contribution in [1.82, 2.24) is 19.7 Å². The van der Waals surface area contributed by atoms with Crippen LogP contribution in [0.5, 0.6) is 5.75 Å². The molecule has 2 aliphatic rings. The lowest BCUT2D eigenvalue weighted by Gasteiger charge is -2.33. The zero-order chi connectivity index (χ0) is 25.7. The van der Waals surface area contributed by atoms with Crippen molar-refractivity contribution in [2.45, 2.75) is 39.5 Å². The lowest BCUT2D eigenvalue weighted by Crippen LogP contribution is -2.50. The van der Waals surface area contributed by atoms with Crippen LogP contribution < -0.4 is 4.74 Å². The minimum absolute atomic E-state index is 0.0105. The number of carbonyl (C=O) groups excluding carboxylic acids is 3. The summed E-state index contributed by atoms with van der Waals surface area (Å²) in [5.41, 5.74) is 2.79. The van der Waals surface area contributed by atoms with Crippen LogP contribution in [-0.4, -0.2) is 90.1 Å². The van der Waals surface area contributed by atoms with Gasteiger partial charge >= 0.3 is 6.09 Å². The quantitative estimate of drug-likeness (QED) is 0.586. The lowest BCUT2D eigenvalue weighted by atomic mass is 9.97. The van der Waals surface area contributed by atoms with E-state index < -0.39 is 0 Å². The second-order valence-electron chi connectivity index (χ2n) is 9.24. The summed E-state index contributed by atoms with van der Waals surface area (Å²) in [4.78, 5) is 47.3. The number of piperidine rings is 1. The predicted octanol–water partition coefficient (Wildman–Crippen LogP) is 3.46. The van der Waals surface area contributed by atoms with Gasteiger partial charge in [0, 0.05) is 50.6 Å². The maximum absolute atomic E-state index is 12.9. The van der Waals surface area contributed by atoms with E-state index in [0.717, 1.165) is 23.4 Å². The van der Waals surface area contributed by atoms with Crippen molar-refractivity contribution >= 4 is 29.2 Å². The van der Waals surface area contributed by atoms with Crippen molar-refractivity contribution in [2.24, 2.45) is 0 Å². The van der Waals surface area contributed by atoms with Crippen LogP contribution in [-0.2, 0) is 9.53 Å². The van der Waals surface area contributed by atoms with E-state index in [4.69, 9.17) is 9.47 Å². The topological polar surface area (TPSA) is 92.3 Å². The Kier molecular flexibility index (Phi) is 8.45. The summed E-state index contributed by atoms with van der Waals surface area (Å²) >= 11 is 1.51. The number of aryl methyl sites for hydroxylation is 2. The monoisotopic (exact) mass is 514 g/mol. The molecule has 4 rings (SSSR count). The largest absolute Gasteiger partial charge is 0.484 e. The number of amides is 3. The van der Waals surface area contributed by atoms with Gasteiger partial charge in [0.1, 0.15) is 11.4 Å². The van der Waals surface area contributed by atoms with Crippen molar-refractivity contribution in [3.05, 3.63) is 45.4 Å². The van der Waals surface area contributed by atoms with Crippen LogP contribution in [0.15, 0.2) is 23.6 Å². The van der Waals surface area contributed by atoms with E-state index >= 15 is 0 Å². The van der Waals surface area contributed by atoms with Gasteiger partial charge in [-0.3, -0.25) is 9.59 Å². The number of rotatable bonds is 6. The SMILES string of the molecule is CCOC(=O)N1CCN(C(=O)c2csc(C3CCN(C(=O)COc4ccc(C)c(C)c4)CC3)n2)CC1. The van der Waals surface area contributed by atoms with Gasteiger partial charge in [-0.25, -0.2) is 9.78 Å². The third-order valence-corrected chi connectivity index (χ3v) is 7.88. The summed E-state index contributed by atoms with van der Waals surface area (Å²) in [6.07, 6.45) is 1.30. The molecule has 0 radical (unpaired) electrons. The molecule has 3 amide bonds. The fourth-order valence-corrected chi connectivity index (χ4v) is 5.42. The molecule has 3 heterocycles. The highest BCUT2D eigenvalue weighted by molar-refractivity contribution is 7.09. The molecular formula is C26H34N4O5S. The van der Waals surface area contributed by atoms with Crippen LogP contribution in [0.1, 0.15) is 52.3 Å². The van der Waals surface area contributed by atoms with Gasteiger partial charge in [0.2, 0.25) is 0 Å². The van der Waals surface area contributed by atoms with Gasteiger partial charge in [-0.2, -0.15) is 0 Å². The van der Waals surface area contributed by atoms with Crippen molar-refractivity contribution in [2.75, 3.05) is 52.5 Å². The van der Waals surface area contributed by atoms with Crippen molar-refractivity contribution in [1.29, 1.82) is 0 Å². The molecule has 2 fully saturated rings. The number of likely N-dealkylation sites (tertiary alicyclic amines) is 1. The lowest BCUT2D eigenvalue weighted by molar-refractivity contribution is -0.134. The van der Waals surface area contributed by atoms with Gasteiger partial charge in [-0.1, -0.05) is 6.07 Å². The summed E-state index contributed by atoms with van der Waals surface area (Å²) in [6.45, 7) is 9.38. The van der Waals surface area contributed by atoms with Crippen LogP contribution >= 0.6 is 11.3 Å². The molecule has 10 heteroatoms. The average Bonchev–Trinajstić information content (AvgIpc) is 3.39. The molecule has 0 saturated carbocycles. The second kappa shape index (κ2) is 11.7. The van der Waals surface area contributed by atoms with Gasteiger partial charge in [0.15, 0.2) is 6.61 Å². The Morgan fingerprint density at radius 3 is 2.33 bits per heavy atom. The molecule has 0 aliphatic carbocycles. The Balaban J connectivity index is 1.23. The van der Waals surface area contributed by atoms with E-state index in [-0.39, 0.29) is 30.4 Å². The molecule has 2 aliphatic heterocycles. The summed E-state index contributed by atoms with van der Waals surface area (Å²) in [6, 6.07) is 5.84. The van der Waals surface area contributed by atoms with Gasteiger partial charge in [0.05, 0.1) is 11.6 Å². The molecule has 9 nitrogen and oxygen atoms in total. The third-order valence-electron chi connectivity index (χ3n) is 6.87. The fraction of sp³-hybridized carbons (Fsp3) is 0.538. The van der Waals surface area contributed by atoms with E-state index in [9.17, 15) is 14.4 Å². The fourth-order valence-electron chi connectivity index (χ4n) is 4.46. The van der Waals surface area contributed by atoms with E-state index in [1.54, 1.807) is 16.7 Å². The van der Waals surface area contributed by atoms with E-state index in [2.05, 4.69) is 4.98 Å². The first-order valence-electron chi connectivity index (χ1n) is 12.5. The standard InChI is InChI=1S/C26H34N4O5S/c1-4-34-26(33)30-13-11-29(12-14-30)25(32)22-17-36-24(27-22)20-7-9-28(10-8-20)23(31)16-35-21-6-5-18(2)19(3)15-21/h5-6,15,17,20H,4,7-14,16H2,1-3H3. The number of carbonyl (C=O) groups is 3. The Labute approximate surface area is 216 Å². The van der Waals surface area contributed by atoms with E-state index in [1.165, 1.54) is 16.9 Å². The Morgan fingerprint density at radius 1 is 0.972 bits per heavy atom. The number of benzene rings is 1. The molecule has 0 bridgehead atoms. The Bertz CT molecular complexity index is 1090. The van der Waals surface area contributed by atoms with Gasteiger partial charge in [-0.05, 0) is 56.9 Å². The minimum Gasteiger partial charge on any atom is -0.484 e. The van der Waals surface area contributed by atoms with Crippen LogP contribution in [0.2, 0.25) is 0 Å². The normalized spacial score (nSPS) is 16.7. The molecular weight excluding hydrogens is 480 g/mol. The minimum atomic E-state index is -0.331. The Morgan fingerprint density at radius 2 is 1.67 bits per heavy atom. The predicted molar refractivity (Wildman–Crippen MR) is 137 cm³/mol. The summed E-state index contributed by atoms with van der Waals surface area (Å²) in [5.74, 6) is 0.839. The average molecular weight is 515 g/mol. The Hall–Kier alpha value is -3.14. The van der Waals surface area contributed by atoms with Crippen molar-refractivity contribution < 1.29 is 23.9 Å². The molecule has 1 aromatic heterocycles. The van der Waals surface area contributed by atoms with E-state index in [1.807, 2.05) is 42.3 Å². The van der Waals surface area contributed by atoms with E-state index in [0.29, 0.717) is 57.3 Å². The van der Waals surface area contributed by atoms with Crippen LogP contribution in [0.25, 0.3) is 0 Å². The zero-order valence-electron chi connectivity index (χ0n) is 21.2. The molecule has 0 spiro atoms. The first-order chi connectivity index (χ1) is 17.4. The number of thiazole rings is 1. The van der Waals surface area contributed by atoms with Crippen LogP contribution in [0.3, 0.4) is 0 Å². The number of nitrogens with zero attached hydrogens (tertiary/aromatic N) is 4. The van der Waals surface area contributed by atoms with Crippen molar-refractivity contribution in [3.63, 3.8) is 0 Å². The number of hydrogen-bond acceptors (Lipinski definition) is 7. The molecule has 36 heavy (non-hydrogen) atoms. The highest BCUT2D eigenvalue weighted by atomic mass is 32.1. The first-order valence-corrected chi connectivity index (χ1v) is 13.4. The maximum atomic E-state index is 12.9.